The zero-order valence-corrected chi connectivity index (χ0v) is 17.9. The molecule has 1 aliphatic rings. The number of anilines is 3. The van der Waals surface area contributed by atoms with E-state index in [2.05, 4.69) is 10.6 Å². The Labute approximate surface area is 185 Å². The van der Waals surface area contributed by atoms with E-state index < -0.39 is 24.4 Å². The van der Waals surface area contributed by atoms with E-state index in [0.29, 0.717) is 29.4 Å². The fraction of sp³-hybridized carbons (Fsp3) is 0.304. The van der Waals surface area contributed by atoms with Crippen molar-refractivity contribution < 1.29 is 28.7 Å². The summed E-state index contributed by atoms with van der Waals surface area (Å²) in [5, 5.41) is 5.23. The fourth-order valence-electron chi connectivity index (χ4n) is 3.30. The van der Waals surface area contributed by atoms with Gasteiger partial charge in [-0.25, -0.2) is 0 Å². The van der Waals surface area contributed by atoms with Crippen molar-refractivity contribution in [1.82, 2.24) is 0 Å². The van der Waals surface area contributed by atoms with Gasteiger partial charge in [0.25, 0.3) is 5.91 Å². The topological polar surface area (TPSA) is 114 Å². The van der Waals surface area contributed by atoms with Crippen LogP contribution < -0.4 is 20.3 Å². The number of esters is 1. The summed E-state index contributed by atoms with van der Waals surface area (Å²) in [5.41, 5.74) is 1.77. The Morgan fingerprint density at radius 2 is 1.62 bits per heavy atom. The van der Waals surface area contributed by atoms with Crippen molar-refractivity contribution in [3.05, 3.63) is 48.5 Å². The molecule has 9 nitrogen and oxygen atoms in total. The number of nitrogens with one attached hydrogen (secondary N) is 2. The van der Waals surface area contributed by atoms with Gasteiger partial charge in [-0.05, 0) is 55.5 Å². The number of hydrogen-bond donors (Lipinski definition) is 2. The van der Waals surface area contributed by atoms with Crippen LogP contribution in [-0.4, -0.2) is 43.4 Å². The van der Waals surface area contributed by atoms with E-state index in [4.69, 9.17) is 9.47 Å². The third kappa shape index (κ3) is 6.07. The van der Waals surface area contributed by atoms with Gasteiger partial charge >= 0.3 is 5.97 Å². The third-order valence-electron chi connectivity index (χ3n) is 4.75. The van der Waals surface area contributed by atoms with Gasteiger partial charge in [-0.15, -0.1) is 0 Å². The molecule has 3 rings (SSSR count). The monoisotopic (exact) mass is 439 g/mol. The van der Waals surface area contributed by atoms with Gasteiger partial charge in [-0.2, -0.15) is 0 Å². The molecule has 0 radical (unpaired) electrons. The van der Waals surface area contributed by atoms with E-state index in [1.54, 1.807) is 48.5 Å². The van der Waals surface area contributed by atoms with Crippen LogP contribution in [0.2, 0.25) is 0 Å². The number of hydrogen-bond acceptors (Lipinski definition) is 6. The smallest absolute Gasteiger partial charge is 0.311 e. The average molecular weight is 439 g/mol. The summed E-state index contributed by atoms with van der Waals surface area (Å²) < 4.78 is 10.5. The van der Waals surface area contributed by atoms with Gasteiger partial charge in [0.15, 0.2) is 6.61 Å². The predicted octanol–water partition coefficient (Wildman–Crippen LogP) is 2.58. The van der Waals surface area contributed by atoms with Crippen LogP contribution in [0.25, 0.3) is 0 Å². The van der Waals surface area contributed by atoms with Crippen molar-refractivity contribution in [3.8, 4) is 5.75 Å². The standard InChI is InChI=1S/C23H25N3O6/c1-3-31-20-10-8-19(9-11-20)26-13-16(12-22(26)29)23(30)32-14-21(28)25-18-6-4-17(5-7-18)24-15(2)27/h4-11,16H,3,12-14H2,1-2H3,(H,24,27)(H,25,28)/t16-/m1/s1. The second-order valence-corrected chi connectivity index (χ2v) is 7.25. The Bertz CT molecular complexity index is 988. The highest BCUT2D eigenvalue weighted by Gasteiger charge is 2.36. The SMILES string of the molecule is CCOc1ccc(N2C[C@H](C(=O)OCC(=O)Nc3ccc(NC(C)=O)cc3)CC2=O)cc1. The second kappa shape index (κ2) is 10.4. The lowest BCUT2D eigenvalue weighted by Crippen LogP contribution is -2.28. The minimum atomic E-state index is -0.640. The average Bonchev–Trinajstić information content (AvgIpc) is 3.15. The van der Waals surface area contributed by atoms with Crippen LogP contribution in [0.15, 0.2) is 48.5 Å². The summed E-state index contributed by atoms with van der Waals surface area (Å²) in [6, 6.07) is 13.6. The molecule has 0 aromatic heterocycles. The lowest BCUT2D eigenvalue weighted by atomic mass is 10.1. The first-order valence-corrected chi connectivity index (χ1v) is 10.2. The molecule has 0 aliphatic carbocycles. The normalized spacial score (nSPS) is 15.2. The first-order valence-electron chi connectivity index (χ1n) is 10.2. The lowest BCUT2D eigenvalue weighted by Gasteiger charge is -2.17. The predicted molar refractivity (Wildman–Crippen MR) is 118 cm³/mol. The maximum atomic E-state index is 12.4. The van der Waals surface area contributed by atoms with Gasteiger partial charge in [-0.1, -0.05) is 0 Å². The van der Waals surface area contributed by atoms with Crippen LogP contribution >= 0.6 is 0 Å². The molecule has 2 aromatic rings. The van der Waals surface area contributed by atoms with Crippen LogP contribution in [-0.2, 0) is 23.9 Å². The Balaban J connectivity index is 1.48. The zero-order valence-electron chi connectivity index (χ0n) is 17.9. The van der Waals surface area contributed by atoms with Gasteiger partial charge < -0.3 is 25.0 Å². The van der Waals surface area contributed by atoms with E-state index in [0.717, 1.165) is 0 Å². The molecule has 1 heterocycles. The maximum Gasteiger partial charge on any atom is 0.311 e. The van der Waals surface area contributed by atoms with E-state index in [-0.39, 0.29) is 24.8 Å². The van der Waals surface area contributed by atoms with Crippen molar-refractivity contribution in [1.29, 1.82) is 0 Å². The van der Waals surface area contributed by atoms with Gasteiger partial charge in [0.05, 0.1) is 12.5 Å². The Hall–Kier alpha value is -3.88. The molecule has 168 valence electrons. The van der Waals surface area contributed by atoms with Gasteiger partial charge in [-0.3, -0.25) is 19.2 Å². The number of amides is 3. The minimum absolute atomic E-state index is 0.0261. The van der Waals surface area contributed by atoms with E-state index >= 15 is 0 Å². The molecular weight excluding hydrogens is 414 g/mol. The summed E-state index contributed by atoms with van der Waals surface area (Å²) >= 11 is 0. The largest absolute Gasteiger partial charge is 0.494 e. The lowest BCUT2D eigenvalue weighted by molar-refractivity contribution is -0.151. The second-order valence-electron chi connectivity index (χ2n) is 7.25. The summed E-state index contributed by atoms with van der Waals surface area (Å²) in [5.74, 6) is -1.41. The number of benzene rings is 2. The maximum absolute atomic E-state index is 12.4. The first-order chi connectivity index (χ1) is 15.4. The molecule has 1 fully saturated rings. The number of carbonyl (C=O) groups is 4. The highest BCUT2D eigenvalue weighted by Crippen LogP contribution is 2.27. The number of ether oxygens (including phenoxy) is 2. The first kappa shape index (κ1) is 22.8. The Kier molecular flexibility index (Phi) is 7.43. The molecular formula is C23H25N3O6. The fourth-order valence-corrected chi connectivity index (χ4v) is 3.30. The van der Waals surface area contributed by atoms with Crippen LogP contribution in [0.1, 0.15) is 20.3 Å². The van der Waals surface area contributed by atoms with Crippen molar-refractivity contribution in [2.45, 2.75) is 20.3 Å². The third-order valence-corrected chi connectivity index (χ3v) is 4.75. The van der Waals surface area contributed by atoms with Crippen LogP contribution in [0, 0.1) is 5.92 Å². The molecule has 2 N–H and O–H groups in total. The summed E-state index contributed by atoms with van der Waals surface area (Å²) in [6.45, 7) is 3.57. The summed E-state index contributed by atoms with van der Waals surface area (Å²) in [6.07, 6.45) is 0.0261. The molecule has 32 heavy (non-hydrogen) atoms. The number of nitrogens with zero attached hydrogens (tertiary/aromatic N) is 1. The molecule has 9 heteroatoms. The van der Waals surface area contributed by atoms with E-state index in [1.165, 1.54) is 11.8 Å². The summed E-state index contributed by atoms with van der Waals surface area (Å²) in [7, 11) is 0. The Morgan fingerprint density at radius 1 is 1.00 bits per heavy atom. The van der Waals surface area contributed by atoms with Crippen molar-refractivity contribution in [3.63, 3.8) is 0 Å². The molecule has 0 spiro atoms. The highest BCUT2D eigenvalue weighted by atomic mass is 16.5. The van der Waals surface area contributed by atoms with Crippen LogP contribution in [0.5, 0.6) is 5.75 Å². The highest BCUT2D eigenvalue weighted by molar-refractivity contribution is 6.00. The zero-order chi connectivity index (χ0) is 23.1. The molecule has 1 aliphatic heterocycles. The number of rotatable bonds is 8. The molecule has 2 aromatic carbocycles. The number of carbonyl (C=O) groups excluding carboxylic acids is 4. The van der Waals surface area contributed by atoms with Crippen molar-refractivity contribution in [2.24, 2.45) is 5.92 Å². The van der Waals surface area contributed by atoms with Crippen LogP contribution in [0.3, 0.4) is 0 Å². The van der Waals surface area contributed by atoms with Gasteiger partial charge in [0.1, 0.15) is 5.75 Å². The van der Waals surface area contributed by atoms with Crippen molar-refractivity contribution >= 4 is 40.8 Å². The molecule has 0 unspecified atom stereocenters. The Morgan fingerprint density at radius 3 is 2.22 bits per heavy atom. The molecule has 0 saturated carbocycles. The van der Waals surface area contributed by atoms with Crippen LogP contribution in [0.4, 0.5) is 17.1 Å². The minimum Gasteiger partial charge on any atom is -0.494 e. The quantitative estimate of drug-likeness (QED) is 0.611. The molecule has 3 amide bonds. The van der Waals surface area contributed by atoms with Gasteiger partial charge in [0, 0.05) is 37.0 Å². The molecule has 1 atom stereocenters. The van der Waals surface area contributed by atoms with Crippen molar-refractivity contribution in [2.75, 3.05) is 35.3 Å². The van der Waals surface area contributed by atoms with E-state index in [1.807, 2.05) is 6.92 Å². The summed E-state index contributed by atoms with van der Waals surface area (Å²) in [4.78, 5) is 49.4. The molecule has 0 bridgehead atoms. The van der Waals surface area contributed by atoms with E-state index in [9.17, 15) is 19.2 Å². The molecule has 1 saturated heterocycles. The van der Waals surface area contributed by atoms with Gasteiger partial charge in [0.2, 0.25) is 11.8 Å².